The van der Waals surface area contributed by atoms with Crippen molar-refractivity contribution in [2.75, 3.05) is 19.6 Å². The third-order valence-corrected chi connectivity index (χ3v) is 4.09. The number of nitrogens with one attached hydrogen (secondary N) is 1. The molecule has 3 rings (SSSR count). The highest BCUT2D eigenvalue weighted by molar-refractivity contribution is 5.77. The van der Waals surface area contributed by atoms with Gasteiger partial charge < -0.3 is 10.2 Å². The van der Waals surface area contributed by atoms with Crippen LogP contribution in [0.4, 0.5) is 0 Å². The maximum absolute atomic E-state index is 11.8. The molecule has 1 amide bonds. The summed E-state index contributed by atoms with van der Waals surface area (Å²) < 4.78 is 0. The van der Waals surface area contributed by atoms with Crippen molar-refractivity contribution in [2.24, 2.45) is 11.8 Å². The predicted molar refractivity (Wildman–Crippen MR) is 53.8 cm³/mol. The van der Waals surface area contributed by atoms with Crippen molar-refractivity contribution in [2.45, 2.75) is 31.7 Å². The van der Waals surface area contributed by atoms with Gasteiger partial charge in [0.05, 0.1) is 0 Å². The summed E-state index contributed by atoms with van der Waals surface area (Å²) >= 11 is 0. The number of carbonyl (C=O) groups excluding carboxylic acids is 1. The second-order valence-corrected chi connectivity index (χ2v) is 5.03. The highest BCUT2D eigenvalue weighted by atomic mass is 16.2. The zero-order valence-corrected chi connectivity index (χ0v) is 8.54. The van der Waals surface area contributed by atoms with Crippen molar-refractivity contribution < 1.29 is 4.79 Å². The Hall–Kier alpha value is -0.570. The van der Waals surface area contributed by atoms with Crippen molar-refractivity contribution in [3.05, 3.63) is 0 Å². The number of nitrogens with zero attached hydrogens (tertiary/aromatic N) is 1. The number of amides is 1. The van der Waals surface area contributed by atoms with E-state index in [0.717, 1.165) is 44.3 Å². The predicted octanol–water partition coefficient (Wildman–Crippen LogP) is 0.607. The molecule has 3 aliphatic rings. The van der Waals surface area contributed by atoms with E-state index in [4.69, 9.17) is 0 Å². The number of piperidine rings is 3. The zero-order chi connectivity index (χ0) is 9.54. The number of carbonyl (C=O) groups is 1. The first kappa shape index (κ1) is 8.72. The highest BCUT2D eigenvalue weighted by Crippen LogP contribution is 2.35. The van der Waals surface area contributed by atoms with E-state index < -0.39 is 0 Å². The van der Waals surface area contributed by atoms with Crippen LogP contribution >= 0.6 is 0 Å². The van der Waals surface area contributed by atoms with E-state index in [2.05, 4.69) is 10.2 Å². The van der Waals surface area contributed by atoms with Crippen molar-refractivity contribution in [3.8, 4) is 0 Å². The summed E-state index contributed by atoms with van der Waals surface area (Å²) in [5, 5.41) is 3.50. The molecule has 3 atom stereocenters. The van der Waals surface area contributed by atoms with Crippen molar-refractivity contribution in [1.29, 1.82) is 0 Å². The fourth-order valence-electron chi connectivity index (χ4n) is 3.45. The van der Waals surface area contributed by atoms with Gasteiger partial charge in [0.15, 0.2) is 0 Å². The molecule has 3 heterocycles. The van der Waals surface area contributed by atoms with E-state index in [1.807, 2.05) is 0 Å². The van der Waals surface area contributed by atoms with Crippen LogP contribution in [0.15, 0.2) is 0 Å². The van der Waals surface area contributed by atoms with Gasteiger partial charge in [-0.2, -0.15) is 0 Å². The summed E-state index contributed by atoms with van der Waals surface area (Å²) in [7, 11) is 0. The van der Waals surface area contributed by atoms with Gasteiger partial charge in [0.2, 0.25) is 5.91 Å². The Kier molecular flexibility index (Phi) is 2.01. The lowest BCUT2D eigenvalue weighted by Crippen LogP contribution is -2.59. The third-order valence-electron chi connectivity index (χ3n) is 4.09. The normalized spacial score (nSPS) is 42.1. The Labute approximate surface area is 84.8 Å². The third kappa shape index (κ3) is 1.26. The minimum Gasteiger partial charge on any atom is -0.339 e. The summed E-state index contributed by atoms with van der Waals surface area (Å²) in [4.78, 5) is 13.9. The average molecular weight is 194 g/mol. The Morgan fingerprint density at radius 2 is 2.29 bits per heavy atom. The topological polar surface area (TPSA) is 32.3 Å². The second kappa shape index (κ2) is 3.23. The van der Waals surface area contributed by atoms with Crippen LogP contribution in [0.2, 0.25) is 0 Å². The molecule has 0 radical (unpaired) electrons. The van der Waals surface area contributed by atoms with Gasteiger partial charge in [-0.05, 0) is 44.2 Å². The van der Waals surface area contributed by atoms with Crippen LogP contribution in [0, 0.1) is 11.8 Å². The molecule has 0 aromatic rings. The van der Waals surface area contributed by atoms with Gasteiger partial charge in [0, 0.05) is 19.0 Å². The van der Waals surface area contributed by atoms with E-state index in [9.17, 15) is 4.79 Å². The summed E-state index contributed by atoms with van der Waals surface area (Å²) in [6.45, 7) is 3.27. The van der Waals surface area contributed by atoms with Gasteiger partial charge in [-0.25, -0.2) is 0 Å². The molecule has 3 saturated heterocycles. The van der Waals surface area contributed by atoms with Crippen molar-refractivity contribution in [1.82, 2.24) is 10.2 Å². The quantitative estimate of drug-likeness (QED) is 0.612. The highest BCUT2D eigenvalue weighted by Gasteiger charge is 2.41. The minimum absolute atomic E-state index is 0.415. The Bertz CT molecular complexity index is 254. The first-order valence-electron chi connectivity index (χ1n) is 5.85. The van der Waals surface area contributed by atoms with Gasteiger partial charge in [-0.3, -0.25) is 4.79 Å². The molecule has 2 bridgehead atoms. The Morgan fingerprint density at radius 3 is 3.21 bits per heavy atom. The van der Waals surface area contributed by atoms with E-state index in [0.29, 0.717) is 11.9 Å². The molecular weight excluding hydrogens is 176 g/mol. The number of rotatable bonds is 0. The lowest BCUT2D eigenvalue weighted by molar-refractivity contribution is -0.142. The second-order valence-electron chi connectivity index (χ2n) is 5.03. The molecule has 0 spiro atoms. The fraction of sp³-hybridized carbons (Fsp3) is 0.909. The van der Waals surface area contributed by atoms with Gasteiger partial charge in [0.1, 0.15) is 0 Å². The SMILES string of the molecule is O=C1CCC[C@H]2[C@H]3CNC[C@H](C3)CN12. The molecule has 0 aliphatic carbocycles. The molecule has 0 unspecified atom stereocenters. The standard InChI is InChI=1S/C11H18N2O/c14-11-3-1-2-10-9-4-8(5-12-6-9)7-13(10)11/h8-10,12H,1-7H2/t8-,9+,10-/m0/s1. The maximum Gasteiger partial charge on any atom is 0.222 e. The van der Waals surface area contributed by atoms with Crippen LogP contribution in [0.5, 0.6) is 0 Å². The molecule has 3 aliphatic heterocycles. The average Bonchev–Trinajstić information content (AvgIpc) is 2.20. The number of hydrogen-bond acceptors (Lipinski definition) is 2. The van der Waals surface area contributed by atoms with E-state index in [-0.39, 0.29) is 0 Å². The van der Waals surface area contributed by atoms with E-state index in [1.165, 1.54) is 12.8 Å². The molecule has 0 aromatic heterocycles. The minimum atomic E-state index is 0.415. The first-order valence-corrected chi connectivity index (χ1v) is 5.85. The van der Waals surface area contributed by atoms with Crippen LogP contribution in [-0.4, -0.2) is 36.5 Å². The monoisotopic (exact) mass is 194 g/mol. The van der Waals surface area contributed by atoms with E-state index >= 15 is 0 Å². The Balaban J connectivity index is 1.83. The van der Waals surface area contributed by atoms with Crippen molar-refractivity contribution in [3.63, 3.8) is 0 Å². The molecule has 3 fully saturated rings. The summed E-state index contributed by atoms with van der Waals surface area (Å²) in [5.41, 5.74) is 0. The van der Waals surface area contributed by atoms with Gasteiger partial charge >= 0.3 is 0 Å². The molecule has 3 nitrogen and oxygen atoms in total. The number of hydrogen-bond donors (Lipinski definition) is 1. The molecule has 3 heteroatoms. The smallest absolute Gasteiger partial charge is 0.222 e. The van der Waals surface area contributed by atoms with Crippen LogP contribution in [0.3, 0.4) is 0 Å². The van der Waals surface area contributed by atoms with Crippen LogP contribution < -0.4 is 5.32 Å². The van der Waals surface area contributed by atoms with Crippen LogP contribution in [0.25, 0.3) is 0 Å². The van der Waals surface area contributed by atoms with Crippen molar-refractivity contribution >= 4 is 5.91 Å². The Morgan fingerprint density at radius 1 is 1.36 bits per heavy atom. The summed E-state index contributed by atoms with van der Waals surface area (Å²) in [6, 6.07) is 0.570. The van der Waals surface area contributed by atoms with Crippen LogP contribution in [-0.2, 0) is 4.79 Å². The molecule has 78 valence electrons. The lowest BCUT2D eigenvalue weighted by atomic mass is 9.77. The molecule has 0 aromatic carbocycles. The molecular formula is C11H18N2O. The summed E-state index contributed by atoms with van der Waals surface area (Å²) in [6.07, 6.45) is 4.50. The zero-order valence-electron chi connectivity index (χ0n) is 8.54. The maximum atomic E-state index is 11.8. The largest absolute Gasteiger partial charge is 0.339 e. The first-order chi connectivity index (χ1) is 6.84. The number of fused-ring (bicyclic) bond motifs is 4. The van der Waals surface area contributed by atoms with E-state index in [1.54, 1.807) is 0 Å². The molecule has 0 saturated carbocycles. The van der Waals surface area contributed by atoms with Crippen LogP contribution in [0.1, 0.15) is 25.7 Å². The van der Waals surface area contributed by atoms with Gasteiger partial charge in [0.25, 0.3) is 0 Å². The van der Waals surface area contributed by atoms with Gasteiger partial charge in [-0.15, -0.1) is 0 Å². The summed E-state index contributed by atoms with van der Waals surface area (Å²) in [5.74, 6) is 1.89. The molecule has 14 heavy (non-hydrogen) atoms. The lowest BCUT2D eigenvalue weighted by Gasteiger charge is -2.49. The molecule has 1 N–H and O–H groups in total. The van der Waals surface area contributed by atoms with Gasteiger partial charge in [-0.1, -0.05) is 0 Å². The fourth-order valence-corrected chi connectivity index (χ4v) is 3.45.